The normalized spacial score (nSPS) is 13.3. The van der Waals surface area contributed by atoms with Crippen molar-refractivity contribution in [3.05, 3.63) is 88.5 Å². The van der Waals surface area contributed by atoms with Crippen molar-refractivity contribution in [3.8, 4) is 0 Å². The van der Waals surface area contributed by atoms with Crippen LogP contribution < -0.4 is 9.80 Å². The number of sulfone groups is 1. The number of fused-ring (bicyclic) bond motifs is 1. The maximum Gasteiger partial charge on any atom is 0.266 e. The van der Waals surface area contributed by atoms with E-state index in [1.54, 1.807) is 25.2 Å². The maximum atomic E-state index is 13.1. The molecule has 0 aromatic heterocycles. The van der Waals surface area contributed by atoms with E-state index in [0.29, 0.717) is 11.4 Å². The van der Waals surface area contributed by atoms with Gasteiger partial charge < -0.3 is 4.90 Å². The number of aryl methyl sites for hydroxylation is 2. The zero-order valence-electron chi connectivity index (χ0n) is 18.6. The molecule has 3 aromatic carbocycles. The molecule has 0 saturated carbocycles. The number of anilines is 2. The summed E-state index contributed by atoms with van der Waals surface area (Å²) in [7, 11) is -1.79. The summed E-state index contributed by atoms with van der Waals surface area (Å²) in [6, 6.07) is 15.9. The van der Waals surface area contributed by atoms with E-state index in [1.807, 2.05) is 26.0 Å². The van der Waals surface area contributed by atoms with Gasteiger partial charge in [0.2, 0.25) is 0 Å². The van der Waals surface area contributed by atoms with Crippen molar-refractivity contribution in [1.82, 2.24) is 0 Å². The molecule has 168 valence electrons. The molecule has 1 aliphatic rings. The molecule has 1 heterocycles. The van der Waals surface area contributed by atoms with Crippen LogP contribution in [0.4, 0.5) is 11.4 Å². The lowest BCUT2D eigenvalue weighted by Crippen LogP contribution is -2.30. The van der Waals surface area contributed by atoms with Crippen molar-refractivity contribution in [3.63, 3.8) is 0 Å². The summed E-state index contributed by atoms with van der Waals surface area (Å²) in [5, 5.41) is 0. The first kappa shape index (κ1) is 22.4. The maximum absolute atomic E-state index is 13.1. The molecular weight excluding hydrogens is 440 g/mol. The molecule has 0 radical (unpaired) electrons. The first-order chi connectivity index (χ1) is 15.5. The summed E-state index contributed by atoms with van der Waals surface area (Å²) in [6.45, 7) is 3.72. The fraction of sp³-hybridized carbons (Fsp3) is 0.160. The van der Waals surface area contributed by atoms with Gasteiger partial charge >= 0.3 is 0 Å². The summed E-state index contributed by atoms with van der Waals surface area (Å²) < 4.78 is 23.3. The average molecular weight is 463 g/mol. The number of benzene rings is 3. The number of amides is 3. The van der Waals surface area contributed by atoms with Gasteiger partial charge in [-0.15, -0.1) is 0 Å². The molecule has 0 bridgehead atoms. The fourth-order valence-corrected chi connectivity index (χ4v) is 4.41. The molecule has 8 heteroatoms. The Morgan fingerprint density at radius 2 is 1.48 bits per heavy atom. The van der Waals surface area contributed by atoms with Gasteiger partial charge in [-0.25, -0.2) is 13.3 Å². The summed E-state index contributed by atoms with van der Waals surface area (Å²) in [5.74, 6) is -1.29. The second-order valence-electron chi connectivity index (χ2n) is 8.13. The van der Waals surface area contributed by atoms with Gasteiger partial charge in [-0.3, -0.25) is 14.4 Å². The molecule has 0 atom stereocenters. The number of hydrogen-bond acceptors (Lipinski definition) is 5. The lowest BCUT2D eigenvalue weighted by Gasteiger charge is -2.18. The molecular formula is C25H22N2O5S. The minimum atomic E-state index is -3.35. The van der Waals surface area contributed by atoms with E-state index in [0.717, 1.165) is 22.3 Å². The van der Waals surface area contributed by atoms with Crippen molar-refractivity contribution in [2.75, 3.05) is 23.1 Å². The van der Waals surface area contributed by atoms with Crippen molar-refractivity contribution in [2.24, 2.45) is 0 Å². The highest BCUT2D eigenvalue weighted by molar-refractivity contribution is 7.90. The summed E-state index contributed by atoms with van der Waals surface area (Å²) >= 11 is 0. The SMILES string of the molecule is Cc1ccc(C)c(N2C(=O)c3ccc(C(=O)N(C)c4ccc(S(C)(=O)=O)cc4)cc3C2=O)c1. The summed E-state index contributed by atoms with van der Waals surface area (Å²) in [4.78, 5) is 41.8. The van der Waals surface area contributed by atoms with Gasteiger partial charge in [0.1, 0.15) is 0 Å². The molecule has 0 N–H and O–H groups in total. The molecule has 0 fully saturated rings. The zero-order valence-corrected chi connectivity index (χ0v) is 19.4. The Balaban J connectivity index is 1.65. The highest BCUT2D eigenvalue weighted by Gasteiger charge is 2.38. The molecule has 3 amide bonds. The van der Waals surface area contributed by atoms with E-state index in [1.165, 1.54) is 35.2 Å². The molecule has 4 rings (SSSR count). The lowest BCUT2D eigenvalue weighted by molar-refractivity contribution is 0.0925. The van der Waals surface area contributed by atoms with Crippen LogP contribution in [0.25, 0.3) is 0 Å². The predicted octanol–water partition coefficient (Wildman–Crippen LogP) is 3.78. The number of imide groups is 1. The first-order valence-corrected chi connectivity index (χ1v) is 12.1. The van der Waals surface area contributed by atoms with Crippen LogP contribution in [-0.2, 0) is 9.84 Å². The minimum absolute atomic E-state index is 0.153. The second kappa shape index (κ2) is 7.97. The number of carbonyl (C=O) groups is 3. The lowest BCUT2D eigenvalue weighted by atomic mass is 10.0. The molecule has 0 aliphatic carbocycles. The van der Waals surface area contributed by atoms with Gasteiger partial charge in [0.25, 0.3) is 17.7 Å². The standard InChI is InChI=1S/C25H22N2O5S/c1-15-5-6-16(2)22(13-15)27-24(29)20-12-7-17(14-21(20)25(27)30)23(28)26(3)18-8-10-19(11-9-18)33(4,31)32/h5-14H,1-4H3. The highest BCUT2D eigenvalue weighted by atomic mass is 32.2. The Bertz CT molecular complexity index is 1430. The smallest absolute Gasteiger partial charge is 0.266 e. The van der Waals surface area contributed by atoms with E-state index < -0.39 is 27.6 Å². The third-order valence-electron chi connectivity index (χ3n) is 5.70. The third-order valence-corrected chi connectivity index (χ3v) is 6.82. The van der Waals surface area contributed by atoms with Crippen LogP contribution in [0.15, 0.2) is 65.6 Å². The molecule has 33 heavy (non-hydrogen) atoms. The minimum Gasteiger partial charge on any atom is -0.311 e. The van der Waals surface area contributed by atoms with Gasteiger partial charge in [0.05, 0.1) is 21.7 Å². The highest BCUT2D eigenvalue weighted by Crippen LogP contribution is 2.32. The van der Waals surface area contributed by atoms with E-state index >= 15 is 0 Å². The monoisotopic (exact) mass is 462 g/mol. The number of nitrogens with zero attached hydrogens (tertiary/aromatic N) is 2. The van der Waals surface area contributed by atoms with Gasteiger partial charge in [-0.1, -0.05) is 12.1 Å². The zero-order chi connectivity index (χ0) is 24.1. The number of rotatable bonds is 4. The Labute approximate surface area is 192 Å². The average Bonchev–Trinajstić information content (AvgIpc) is 3.03. The molecule has 7 nitrogen and oxygen atoms in total. The number of carbonyl (C=O) groups excluding carboxylic acids is 3. The van der Waals surface area contributed by atoms with E-state index in [4.69, 9.17) is 0 Å². The molecule has 0 unspecified atom stereocenters. The van der Waals surface area contributed by atoms with Crippen LogP contribution in [0.1, 0.15) is 42.2 Å². The third kappa shape index (κ3) is 3.93. The predicted molar refractivity (Wildman–Crippen MR) is 126 cm³/mol. The van der Waals surface area contributed by atoms with Crippen LogP contribution in [0.2, 0.25) is 0 Å². The van der Waals surface area contributed by atoms with Gasteiger partial charge in [0, 0.05) is 24.6 Å². The Hall–Kier alpha value is -3.78. The molecule has 0 saturated heterocycles. The number of hydrogen-bond donors (Lipinski definition) is 0. The second-order valence-corrected chi connectivity index (χ2v) is 10.1. The summed E-state index contributed by atoms with van der Waals surface area (Å²) in [5.41, 5.74) is 3.40. The van der Waals surface area contributed by atoms with Crippen molar-refractivity contribution in [1.29, 1.82) is 0 Å². The molecule has 0 spiro atoms. The quantitative estimate of drug-likeness (QED) is 0.550. The largest absolute Gasteiger partial charge is 0.311 e. The van der Waals surface area contributed by atoms with Crippen molar-refractivity contribution in [2.45, 2.75) is 18.7 Å². The Morgan fingerprint density at radius 3 is 2.12 bits per heavy atom. The van der Waals surface area contributed by atoms with E-state index in [2.05, 4.69) is 0 Å². The van der Waals surface area contributed by atoms with E-state index in [9.17, 15) is 22.8 Å². The van der Waals surface area contributed by atoms with Crippen LogP contribution in [-0.4, -0.2) is 39.4 Å². The van der Waals surface area contributed by atoms with Gasteiger partial charge in [-0.05, 0) is 73.5 Å². The molecule has 3 aromatic rings. The van der Waals surface area contributed by atoms with E-state index in [-0.39, 0.29) is 21.6 Å². The Morgan fingerprint density at radius 1 is 0.848 bits per heavy atom. The topological polar surface area (TPSA) is 91.8 Å². The van der Waals surface area contributed by atoms with Gasteiger partial charge in [-0.2, -0.15) is 0 Å². The first-order valence-electron chi connectivity index (χ1n) is 10.2. The van der Waals surface area contributed by atoms with Crippen LogP contribution in [0.5, 0.6) is 0 Å². The fourth-order valence-electron chi connectivity index (χ4n) is 3.78. The van der Waals surface area contributed by atoms with Crippen molar-refractivity contribution < 1.29 is 22.8 Å². The van der Waals surface area contributed by atoms with Gasteiger partial charge in [0.15, 0.2) is 9.84 Å². The Kier molecular flexibility index (Phi) is 5.41. The van der Waals surface area contributed by atoms with Crippen LogP contribution in [0, 0.1) is 13.8 Å². The molecule has 1 aliphatic heterocycles. The van der Waals surface area contributed by atoms with Crippen molar-refractivity contribution >= 4 is 38.9 Å². The van der Waals surface area contributed by atoms with Crippen LogP contribution >= 0.6 is 0 Å². The van der Waals surface area contributed by atoms with Crippen LogP contribution in [0.3, 0.4) is 0 Å². The summed E-state index contributed by atoms with van der Waals surface area (Å²) in [6.07, 6.45) is 1.11.